The van der Waals surface area contributed by atoms with Gasteiger partial charge in [-0.3, -0.25) is 0 Å². The average Bonchev–Trinajstić information content (AvgIpc) is 2.32. The van der Waals surface area contributed by atoms with Crippen molar-refractivity contribution in [2.45, 2.75) is 86.5 Å². The van der Waals surface area contributed by atoms with E-state index in [0.29, 0.717) is 0 Å². The average molecular weight is 652 g/mol. The Bertz CT molecular complexity index is 136. The molecule has 0 bridgehead atoms. The summed E-state index contributed by atoms with van der Waals surface area (Å²) in [7, 11) is 0. The van der Waals surface area contributed by atoms with E-state index in [2.05, 4.69) is 41.5 Å². The van der Waals surface area contributed by atoms with Crippen LogP contribution in [0.15, 0.2) is 0 Å². The molecule has 0 heterocycles. The van der Waals surface area contributed by atoms with Gasteiger partial charge < -0.3 is 53.4 Å². The Morgan fingerprint density at radius 1 is 0.600 bits per heavy atom. The van der Waals surface area contributed by atoms with Gasteiger partial charge in [-0.05, 0) is 31.1 Å². The fourth-order valence-electron chi connectivity index (χ4n) is 1.85. The van der Waals surface area contributed by atoms with Crippen LogP contribution in [-0.4, -0.2) is 0 Å². The summed E-state index contributed by atoms with van der Waals surface area (Å²) in [6.07, 6.45) is 10.1. The smallest absolute Gasteiger partial charge is 0 e. The quantitative estimate of drug-likeness (QED) is 0.235. The van der Waals surface area contributed by atoms with E-state index in [4.69, 9.17) is 0 Å². The minimum Gasteiger partial charge on any atom is -0.584 e. The van der Waals surface area contributed by atoms with Crippen molar-refractivity contribution in [3.8, 4) is 0 Å². The Morgan fingerprint density at radius 2 is 0.720 bits per heavy atom. The summed E-state index contributed by atoms with van der Waals surface area (Å²) in [5, 5.41) is 0. The van der Waals surface area contributed by atoms with Gasteiger partial charge in [-0.1, -0.05) is 54.4 Å². The van der Waals surface area contributed by atoms with Crippen LogP contribution in [0.1, 0.15) is 86.5 Å². The zero-order chi connectivity index (χ0) is 17.9. The first-order valence-corrected chi connectivity index (χ1v) is 8.83. The van der Waals surface area contributed by atoms with Gasteiger partial charge in [-0.2, -0.15) is 0 Å². The summed E-state index contributed by atoms with van der Waals surface area (Å²) in [5.74, 6) is 0. The summed E-state index contributed by atoms with van der Waals surface area (Å²) >= 11 is 0. The predicted octanol–water partition coefficient (Wildman–Crippen LogP) is 7.76. The van der Waals surface area contributed by atoms with Crippen LogP contribution in [0.4, 0.5) is 0 Å². The fraction of sp³-hybridized carbons (Fsp3) is 0.714. The third-order valence-electron chi connectivity index (χ3n) is 2.83. The molecule has 1 spiro atoms. The molecular weight excluding hydrogens is 608 g/mol. The van der Waals surface area contributed by atoms with Crippen molar-refractivity contribution < 1.29 is 131 Å². The summed E-state index contributed by atoms with van der Waals surface area (Å²) in [6, 6.07) is 0. The van der Waals surface area contributed by atoms with E-state index in [-0.39, 0.29) is 131 Å². The Kier molecular flexibility index (Phi) is 80.7. The van der Waals surface area contributed by atoms with E-state index >= 15 is 0 Å². The second kappa shape index (κ2) is 39.0. The van der Waals surface area contributed by atoms with Gasteiger partial charge in [0.1, 0.15) is 0 Å². The third kappa shape index (κ3) is 47.6. The minimum atomic E-state index is -0.500. The zero-order valence-corrected chi connectivity index (χ0v) is 29.9. The molecule has 0 aliphatic heterocycles. The van der Waals surface area contributed by atoms with Crippen molar-refractivity contribution >= 4 is 0 Å². The van der Waals surface area contributed by atoms with Crippen molar-refractivity contribution in [1.82, 2.24) is 0 Å². The van der Waals surface area contributed by atoms with E-state index in [1.54, 1.807) is 25.7 Å². The molecule has 2 fully saturated rings. The first-order chi connectivity index (χ1) is 9.83. The van der Waals surface area contributed by atoms with Crippen molar-refractivity contribution in [3.63, 3.8) is 0 Å². The molecule has 4 heteroatoms. The summed E-state index contributed by atoms with van der Waals surface area (Å²) in [5.41, 5.74) is 0.444. The van der Waals surface area contributed by atoms with Gasteiger partial charge >= 0.3 is 0 Å². The van der Waals surface area contributed by atoms with Crippen LogP contribution >= 0.6 is 0 Å². The van der Waals surface area contributed by atoms with Crippen LogP contribution < -0.4 is 0 Å². The SMILES string of the molecule is C1CC2(C1)CCC2.CC.CC.CC.[CH2-]C([CH2-])([CH2-])[CH2-].[CH2-]C[CH2-].[Y].[Y].[Y].[Y]. The Labute approximate surface area is 265 Å². The molecule has 4 radical (unpaired) electrons. The van der Waals surface area contributed by atoms with Crippen molar-refractivity contribution in [1.29, 1.82) is 0 Å². The maximum atomic E-state index is 3.44. The number of rotatable bonds is 0. The van der Waals surface area contributed by atoms with Gasteiger partial charge in [0, 0.05) is 131 Å². The van der Waals surface area contributed by atoms with Crippen LogP contribution in [0.25, 0.3) is 0 Å². The minimum absolute atomic E-state index is 0. The molecule has 0 aromatic heterocycles. The Morgan fingerprint density at radius 3 is 0.720 bits per heavy atom. The molecule has 0 aromatic rings. The van der Waals surface area contributed by atoms with Gasteiger partial charge in [0.25, 0.3) is 0 Å². The van der Waals surface area contributed by atoms with Gasteiger partial charge in [-0.25, -0.2) is 0 Å². The Balaban J connectivity index is -0.0000000245. The molecule has 25 heavy (non-hydrogen) atoms. The fourth-order valence-corrected chi connectivity index (χ4v) is 1.85. The molecule has 0 saturated heterocycles. The zero-order valence-electron chi connectivity index (χ0n) is 18.5. The maximum absolute atomic E-state index is 3.44. The molecule has 0 amide bonds. The van der Waals surface area contributed by atoms with Crippen LogP contribution in [0.2, 0.25) is 0 Å². The summed E-state index contributed by atoms with van der Waals surface area (Å²) in [4.78, 5) is 0. The summed E-state index contributed by atoms with van der Waals surface area (Å²) in [6.45, 7) is 32.5. The second-order valence-electron chi connectivity index (χ2n) is 5.06. The molecule has 2 aliphatic rings. The van der Waals surface area contributed by atoms with Crippen LogP contribution in [0, 0.1) is 52.4 Å². The van der Waals surface area contributed by atoms with Gasteiger partial charge in [0.2, 0.25) is 0 Å². The molecule has 0 N–H and O–H groups in total. The molecule has 0 aromatic carbocycles. The molecule has 2 saturated carbocycles. The standard InChI is InChI=1S/C7H12.C5H8.C3H6.3C2H6.4Y/c1-3-7(4-1)5-2-6-7;1-5(2,3)4;1-3-2;3*1-2;;;;/h1-6H2;1-4H2;1-3H2;3*1-2H3;;;;/q;-4;-2;;;;;;;. The maximum Gasteiger partial charge on any atom is 0 e. The van der Waals surface area contributed by atoms with Crippen LogP contribution in [0.3, 0.4) is 0 Å². The number of hydrogen-bond acceptors (Lipinski definition) is 0. The van der Waals surface area contributed by atoms with Crippen molar-refractivity contribution in [3.05, 3.63) is 41.5 Å². The van der Waals surface area contributed by atoms with Crippen molar-refractivity contribution in [2.75, 3.05) is 0 Å². The molecule has 2 rings (SSSR count). The van der Waals surface area contributed by atoms with Gasteiger partial charge in [0.05, 0.1) is 0 Å². The largest absolute Gasteiger partial charge is 0.584 e. The first kappa shape index (κ1) is 51.8. The molecular formula is C21H44Y4-6. The normalized spacial score (nSPS) is 13.4. The molecule has 0 atom stereocenters. The Hall–Kier alpha value is 4.42. The predicted molar refractivity (Wildman–Crippen MR) is 103 cm³/mol. The van der Waals surface area contributed by atoms with Crippen LogP contribution in [0.5, 0.6) is 0 Å². The van der Waals surface area contributed by atoms with Gasteiger partial charge in [0.15, 0.2) is 0 Å². The third-order valence-corrected chi connectivity index (χ3v) is 2.83. The van der Waals surface area contributed by atoms with E-state index in [1.165, 1.54) is 12.8 Å². The first-order valence-electron chi connectivity index (χ1n) is 8.83. The second-order valence-corrected chi connectivity index (χ2v) is 5.06. The van der Waals surface area contributed by atoms with E-state index < -0.39 is 5.41 Å². The molecule has 0 nitrogen and oxygen atoms in total. The van der Waals surface area contributed by atoms with E-state index in [0.717, 1.165) is 11.8 Å². The molecule has 0 unspecified atom stereocenters. The van der Waals surface area contributed by atoms with Crippen LogP contribution in [-0.2, 0) is 131 Å². The summed E-state index contributed by atoms with van der Waals surface area (Å²) < 4.78 is 0. The number of hydrogen-bond donors (Lipinski definition) is 0. The molecule has 2 aliphatic carbocycles. The topological polar surface area (TPSA) is 0 Å². The van der Waals surface area contributed by atoms with E-state index in [9.17, 15) is 0 Å². The van der Waals surface area contributed by atoms with E-state index in [1.807, 2.05) is 41.5 Å². The van der Waals surface area contributed by atoms with Crippen molar-refractivity contribution in [2.24, 2.45) is 10.8 Å². The molecule has 146 valence electrons. The van der Waals surface area contributed by atoms with Gasteiger partial charge in [-0.15, -0.1) is 0 Å². The monoisotopic (exact) mass is 652 g/mol.